The number of methoxy groups -OCH3 is 2. The molecule has 20 heavy (non-hydrogen) atoms. The van der Waals surface area contributed by atoms with Crippen LogP contribution in [0.2, 0.25) is 0 Å². The summed E-state index contributed by atoms with van der Waals surface area (Å²) >= 11 is 0. The molecule has 1 unspecified atom stereocenters. The SMILES string of the molecule is CNC(CC1CCOCC1)c1cc(OC)cc(OC)c1. The second kappa shape index (κ2) is 7.50. The van der Waals surface area contributed by atoms with Crippen molar-refractivity contribution in [3.05, 3.63) is 23.8 Å². The van der Waals surface area contributed by atoms with Crippen molar-refractivity contribution in [1.82, 2.24) is 5.32 Å². The van der Waals surface area contributed by atoms with E-state index >= 15 is 0 Å². The second-order valence-corrected chi connectivity index (χ2v) is 5.28. The Morgan fingerprint density at radius 2 is 1.75 bits per heavy atom. The number of hydrogen-bond acceptors (Lipinski definition) is 4. The second-order valence-electron chi connectivity index (χ2n) is 5.28. The van der Waals surface area contributed by atoms with E-state index in [-0.39, 0.29) is 0 Å². The summed E-state index contributed by atoms with van der Waals surface area (Å²) in [6.45, 7) is 1.78. The van der Waals surface area contributed by atoms with E-state index in [1.54, 1.807) is 14.2 Å². The van der Waals surface area contributed by atoms with Crippen LogP contribution < -0.4 is 14.8 Å². The van der Waals surface area contributed by atoms with Gasteiger partial charge in [0, 0.05) is 25.3 Å². The molecule has 0 aliphatic carbocycles. The summed E-state index contributed by atoms with van der Waals surface area (Å²) < 4.78 is 16.1. The van der Waals surface area contributed by atoms with Crippen LogP contribution in [0, 0.1) is 5.92 Å². The molecular weight excluding hydrogens is 254 g/mol. The minimum atomic E-state index is 0.321. The van der Waals surface area contributed by atoms with E-state index in [1.165, 1.54) is 5.56 Å². The molecule has 1 aliphatic heterocycles. The highest BCUT2D eigenvalue weighted by atomic mass is 16.5. The van der Waals surface area contributed by atoms with Crippen molar-refractivity contribution in [2.24, 2.45) is 5.92 Å². The molecule has 0 amide bonds. The normalized spacial score (nSPS) is 17.8. The maximum Gasteiger partial charge on any atom is 0.122 e. The van der Waals surface area contributed by atoms with Gasteiger partial charge in [-0.2, -0.15) is 0 Å². The van der Waals surface area contributed by atoms with Gasteiger partial charge in [0.2, 0.25) is 0 Å². The molecule has 0 radical (unpaired) electrons. The van der Waals surface area contributed by atoms with E-state index in [4.69, 9.17) is 14.2 Å². The van der Waals surface area contributed by atoms with E-state index in [0.717, 1.165) is 49.9 Å². The number of rotatable bonds is 6. The quantitative estimate of drug-likeness (QED) is 0.869. The van der Waals surface area contributed by atoms with Crippen LogP contribution in [0.4, 0.5) is 0 Å². The fourth-order valence-electron chi connectivity index (χ4n) is 2.77. The van der Waals surface area contributed by atoms with Crippen molar-refractivity contribution in [2.75, 3.05) is 34.5 Å². The molecule has 1 fully saturated rings. The van der Waals surface area contributed by atoms with E-state index in [0.29, 0.717) is 6.04 Å². The lowest BCUT2D eigenvalue weighted by molar-refractivity contribution is 0.0608. The maximum absolute atomic E-state index is 5.43. The Morgan fingerprint density at radius 1 is 1.15 bits per heavy atom. The zero-order valence-corrected chi connectivity index (χ0v) is 12.6. The molecule has 1 aliphatic rings. The standard InChI is InChI=1S/C16H25NO3/c1-17-16(8-12-4-6-20-7-5-12)13-9-14(18-2)11-15(10-13)19-3/h9-12,16-17H,4-8H2,1-3H3. The largest absolute Gasteiger partial charge is 0.497 e. The van der Waals surface area contributed by atoms with Crippen molar-refractivity contribution in [2.45, 2.75) is 25.3 Å². The van der Waals surface area contributed by atoms with Gasteiger partial charge in [0.1, 0.15) is 11.5 Å². The van der Waals surface area contributed by atoms with Crippen LogP contribution in [0.15, 0.2) is 18.2 Å². The first kappa shape index (κ1) is 15.1. The summed E-state index contributed by atoms with van der Waals surface area (Å²) in [5.74, 6) is 2.40. The first-order valence-electron chi connectivity index (χ1n) is 7.24. The molecule has 1 aromatic carbocycles. The van der Waals surface area contributed by atoms with Crippen LogP contribution in [0.1, 0.15) is 30.9 Å². The van der Waals surface area contributed by atoms with E-state index < -0.39 is 0 Å². The summed E-state index contributed by atoms with van der Waals surface area (Å²) in [4.78, 5) is 0. The van der Waals surface area contributed by atoms with Gasteiger partial charge < -0.3 is 19.5 Å². The molecular formula is C16H25NO3. The molecule has 1 aromatic rings. The third kappa shape index (κ3) is 3.87. The zero-order chi connectivity index (χ0) is 14.4. The molecule has 0 spiro atoms. The Morgan fingerprint density at radius 3 is 2.25 bits per heavy atom. The van der Waals surface area contributed by atoms with Crippen molar-refractivity contribution < 1.29 is 14.2 Å². The van der Waals surface area contributed by atoms with Gasteiger partial charge in [-0.15, -0.1) is 0 Å². The predicted molar refractivity (Wildman–Crippen MR) is 79.5 cm³/mol. The van der Waals surface area contributed by atoms with Gasteiger partial charge in [-0.05, 0) is 49.9 Å². The topological polar surface area (TPSA) is 39.7 Å². The van der Waals surface area contributed by atoms with Crippen molar-refractivity contribution >= 4 is 0 Å². The zero-order valence-electron chi connectivity index (χ0n) is 12.6. The Kier molecular flexibility index (Phi) is 5.68. The molecule has 1 atom stereocenters. The van der Waals surface area contributed by atoms with Crippen LogP contribution in [0.3, 0.4) is 0 Å². The highest BCUT2D eigenvalue weighted by molar-refractivity contribution is 5.39. The molecule has 4 nitrogen and oxygen atoms in total. The average Bonchev–Trinajstić information content (AvgIpc) is 2.53. The molecule has 0 aromatic heterocycles. The summed E-state index contributed by atoms with van der Waals surface area (Å²) in [5, 5.41) is 3.42. The highest BCUT2D eigenvalue weighted by Crippen LogP contribution is 2.31. The summed E-state index contributed by atoms with van der Waals surface area (Å²) in [7, 11) is 5.38. The lowest BCUT2D eigenvalue weighted by atomic mass is 9.89. The predicted octanol–water partition coefficient (Wildman–Crippen LogP) is 2.78. The van der Waals surface area contributed by atoms with Crippen LogP contribution in [-0.4, -0.2) is 34.5 Å². The molecule has 1 N–H and O–H groups in total. The van der Waals surface area contributed by atoms with Gasteiger partial charge >= 0.3 is 0 Å². The number of ether oxygens (including phenoxy) is 3. The van der Waals surface area contributed by atoms with Crippen LogP contribution >= 0.6 is 0 Å². The Hall–Kier alpha value is -1.26. The lowest BCUT2D eigenvalue weighted by Crippen LogP contribution is -2.24. The van der Waals surface area contributed by atoms with Gasteiger partial charge in [-0.1, -0.05) is 0 Å². The van der Waals surface area contributed by atoms with Crippen LogP contribution in [-0.2, 0) is 4.74 Å². The minimum absolute atomic E-state index is 0.321. The molecule has 1 saturated heterocycles. The van der Waals surface area contributed by atoms with Crippen molar-refractivity contribution in [1.29, 1.82) is 0 Å². The first-order valence-corrected chi connectivity index (χ1v) is 7.24. The Balaban J connectivity index is 2.12. The minimum Gasteiger partial charge on any atom is -0.497 e. The molecule has 4 heteroatoms. The number of nitrogens with one attached hydrogen (secondary N) is 1. The monoisotopic (exact) mass is 279 g/mol. The fourth-order valence-corrected chi connectivity index (χ4v) is 2.77. The average molecular weight is 279 g/mol. The van der Waals surface area contributed by atoms with E-state index in [2.05, 4.69) is 17.4 Å². The molecule has 0 saturated carbocycles. The first-order chi connectivity index (χ1) is 9.76. The smallest absolute Gasteiger partial charge is 0.122 e. The maximum atomic E-state index is 5.43. The molecule has 2 rings (SSSR count). The van der Waals surface area contributed by atoms with Crippen LogP contribution in [0.5, 0.6) is 11.5 Å². The lowest BCUT2D eigenvalue weighted by Gasteiger charge is -2.27. The number of benzene rings is 1. The third-order valence-corrected chi connectivity index (χ3v) is 4.03. The fraction of sp³-hybridized carbons (Fsp3) is 0.625. The van der Waals surface area contributed by atoms with Gasteiger partial charge in [0.15, 0.2) is 0 Å². The molecule has 0 bridgehead atoms. The third-order valence-electron chi connectivity index (χ3n) is 4.03. The van der Waals surface area contributed by atoms with Gasteiger partial charge in [0.05, 0.1) is 14.2 Å². The summed E-state index contributed by atoms with van der Waals surface area (Å²) in [6.07, 6.45) is 3.43. The van der Waals surface area contributed by atoms with Crippen molar-refractivity contribution in [3.63, 3.8) is 0 Å². The van der Waals surface area contributed by atoms with Gasteiger partial charge in [-0.25, -0.2) is 0 Å². The Labute approximate surface area is 121 Å². The van der Waals surface area contributed by atoms with E-state index in [1.807, 2.05) is 13.1 Å². The molecule has 1 heterocycles. The van der Waals surface area contributed by atoms with Crippen LogP contribution in [0.25, 0.3) is 0 Å². The molecule has 112 valence electrons. The highest BCUT2D eigenvalue weighted by Gasteiger charge is 2.20. The van der Waals surface area contributed by atoms with Crippen molar-refractivity contribution in [3.8, 4) is 11.5 Å². The van der Waals surface area contributed by atoms with E-state index in [9.17, 15) is 0 Å². The van der Waals surface area contributed by atoms with Gasteiger partial charge in [-0.3, -0.25) is 0 Å². The van der Waals surface area contributed by atoms with Gasteiger partial charge in [0.25, 0.3) is 0 Å². The Bertz CT molecular complexity index is 394. The summed E-state index contributed by atoms with van der Waals surface area (Å²) in [5.41, 5.74) is 1.22. The summed E-state index contributed by atoms with van der Waals surface area (Å²) in [6, 6.07) is 6.40. The number of hydrogen-bond donors (Lipinski definition) is 1.